The maximum atomic E-state index is 12.1. The third-order valence-corrected chi connectivity index (χ3v) is 2.99. The molecule has 1 N–H and O–H groups in total. The van der Waals surface area contributed by atoms with Crippen molar-refractivity contribution >= 4 is 5.82 Å². The fraction of sp³-hybridized carbons (Fsp3) is 0.667. The van der Waals surface area contributed by atoms with E-state index in [2.05, 4.69) is 10.3 Å². The first kappa shape index (κ1) is 13.0. The molecule has 1 atom stereocenters. The van der Waals surface area contributed by atoms with E-state index < -0.39 is 0 Å². The van der Waals surface area contributed by atoms with E-state index in [1.807, 2.05) is 0 Å². The number of aromatic nitrogens is 2. The molecular formula is C12H19N3O3. The average molecular weight is 253 g/mol. The van der Waals surface area contributed by atoms with Crippen LogP contribution in [0.2, 0.25) is 0 Å². The van der Waals surface area contributed by atoms with Gasteiger partial charge in [0.2, 0.25) is 0 Å². The average Bonchev–Trinajstić information content (AvgIpc) is 3.20. The molecule has 0 saturated heterocycles. The molecule has 1 aliphatic rings. The van der Waals surface area contributed by atoms with Crippen LogP contribution >= 0.6 is 0 Å². The van der Waals surface area contributed by atoms with Gasteiger partial charge < -0.3 is 19.4 Å². The van der Waals surface area contributed by atoms with Crippen molar-refractivity contribution in [2.45, 2.75) is 25.0 Å². The Morgan fingerprint density at radius 3 is 2.94 bits per heavy atom. The number of rotatable bonds is 7. The minimum atomic E-state index is -0.0919. The van der Waals surface area contributed by atoms with Gasteiger partial charge >= 0.3 is 0 Å². The van der Waals surface area contributed by atoms with Crippen LogP contribution in [0.4, 0.5) is 5.82 Å². The van der Waals surface area contributed by atoms with E-state index in [9.17, 15) is 4.79 Å². The van der Waals surface area contributed by atoms with Crippen LogP contribution in [-0.2, 0) is 9.47 Å². The summed E-state index contributed by atoms with van der Waals surface area (Å²) in [5.74, 6) is 0.377. The maximum absolute atomic E-state index is 12.1. The number of hydrogen-bond donors (Lipinski definition) is 1. The van der Waals surface area contributed by atoms with Crippen molar-refractivity contribution in [3.63, 3.8) is 0 Å². The summed E-state index contributed by atoms with van der Waals surface area (Å²) in [7, 11) is 3.24. The van der Waals surface area contributed by atoms with Gasteiger partial charge in [0.05, 0.1) is 12.7 Å². The van der Waals surface area contributed by atoms with Crippen LogP contribution < -0.4 is 10.9 Å². The maximum Gasteiger partial charge on any atom is 0.293 e. The molecular weight excluding hydrogens is 234 g/mol. The van der Waals surface area contributed by atoms with Crippen LogP contribution in [0.1, 0.15) is 18.9 Å². The highest BCUT2D eigenvalue weighted by Crippen LogP contribution is 2.33. The van der Waals surface area contributed by atoms with E-state index >= 15 is 0 Å². The van der Waals surface area contributed by atoms with Crippen molar-refractivity contribution in [3.05, 3.63) is 22.7 Å². The Bertz CT molecular complexity index is 442. The molecule has 1 aromatic heterocycles. The Labute approximate surface area is 106 Å². The van der Waals surface area contributed by atoms with Crippen molar-refractivity contribution in [3.8, 4) is 0 Å². The summed E-state index contributed by atoms with van der Waals surface area (Å²) in [6, 6.07) is 0.359. The molecule has 0 spiro atoms. The fourth-order valence-electron chi connectivity index (χ4n) is 1.79. The molecule has 100 valence electrons. The Hall–Kier alpha value is -1.40. The first-order valence-electron chi connectivity index (χ1n) is 6.09. The summed E-state index contributed by atoms with van der Waals surface area (Å²) >= 11 is 0. The standard InChI is InChI=1S/C12H19N3O3/c1-17-8-10(18-2)7-14-11-12(16)15(6-5-13-11)9-3-4-9/h5-6,9-10H,3-4,7-8H2,1-2H3,(H,13,14). The topological polar surface area (TPSA) is 65.4 Å². The fourth-order valence-corrected chi connectivity index (χ4v) is 1.79. The summed E-state index contributed by atoms with van der Waals surface area (Å²) in [6.07, 6.45) is 5.46. The number of anilines is 1. The van der Waals surface area contributed by atoms with Gasteiger partial charge in [0.25, 0.3) is 5.56 Å². The van der Waals surface area contributed by atoms with E-state index in [1.165, 1.54) is 0 Å². The molecule has 0 bridgehead atoms. The first-order chi connectivity index (χ1) is 8.76. The van der Waals surface area contributed by atoms with Crippen molar-refractivity contribution in [2.75, 3.05) is 32.7 Å². The van der Waals surface area contributed by atoms with Gasteiger partial charge in [-0.15, -0.1) is 0 Å². The number of hydrogen-bond acceptors (Lipinski definition) is 5. The molecule has 0 radical (unpaired) electrons. The van der Waals surface area contributed by atoms with Gasteiger partial charge in [-0.2, -0.15) is 0 Å². The van der Waals surface area contributed by atoms with Crippen LogP contribution in [0.25, 0.3) is 0 Å². The third-order valence-electron chi connectivity index (χ3n) is 2.99. The Morgan fingerprint density at radius 1 is 1.56 bits per heavy atom. The van der Waals surface area contributed by atoms with Crippen molar-refractivity contribution < 1.29 is 9.47 Å². The second kappa shape index (κ2) is 5.97. The molecule has 6 heteroatoms. The zero-order valence-electron chi connectivity index (χ0n) is 10.8. The zero-order valence-corrected chi connectivity index (χ0v) is 10.8. The predicted octanol–water partition coefficient (Wildman–Crippen LogP) is 0.651. The molecule has 0 aliphatic heterocycles. The van der Waals surface area contributed by atoms with Gasteiger partial charge in [-0.1, -0.05) is 0 Å². The van der Waals surface area contributed by atoms with Crippen molar-refractivity contribution in [1.29, 1.82) is 0 Å². The van der Waals surface area contributed by atoms with Crippen LogP contribution in [0.5, 0.6) is 0 Å². The minimum absolute atomic E-state index is 0.0627. The SMILES string of the molecule is COCC(CNc1nccn(C2CC2)c1=O)OC. The second-order valence-electron chi connectivity index (χ2n) is 4.41. The number of methoxy groups -OCH3 is 2. The van der Waals surface area contributed by atoms with Gasteiger partial charge in [-0.3, -0.25) is 4.79 Å². The van der Waals surface area contributed by atoms with E-state index in [0.717, 1.165) is 12.8 Å². The van der Waals surface area contributed by atoms with E-state index in [0.29, 0.717) is 25.0 Å². The summed E-state index contributed by atoms with van der Waals surface area (Å²) < 4.78 is 12.0. The lowest BCUT2D eigenvalue weighted by molar-refractivity contribution is 0.0365. The first-order valence-corrected chi connectivity index (χ1v) is 6.09. The quantitative estimate of drug-likeness (QED) is 0.773. The molecule has 18 heavy (non-hydrogen) atoms. The summed E-state index contributed by atoms with van der Waals surface area (Å²) in [5.41, 5.74) is -0.0627. The van der Waals surface area contributed by atoms with Crippen molar-refractivity contribution in [1.82, 2.24) is 9.55 Å². The minimum Gasteiger partial charge on any atom is -0.382 e. The number of ether oxygens (including phenoxy) is 2. The van der Waals surface area contributed by atoms with Crippen molar-refractivity contribution in [2.24, 2.45) is 0 Å². The van der Waals surface area contributed by atoms with Crippen LogP contribution in [0.15, 0.2) is 17.2 Å². The summed E-state index contributed by atoms with van der Waals surface area (Å²) in [4.78, 5) is 16.1. The smallest absolute Gasteiger partial charge is 0.293 e. The normalized spacial score (nSPS) is 16.6. The van der Waals surface area contributed by atoms with Crippen LogP contribution in [0.3, 0.4) is 0 Å². The summed E-state index contributed by atoms with van der Waals surface area (Å²) in [6.45, 7) is 0.981. The van der Waals surface area contributed by atoms with Gasteiger partial charge in [0.15, 0.2) is 5.82 Å². The Morgan fingerprint density at radius 2 is 2.33 bits per heavy atom. The molecule has 1 aromatic rings. The molecule has 1 heterocycles. The van der Waals surface area contributed by atoms with E-state index in [4.69, 9.17) is 9.47 Å². The molecule has 1 saturated carbocycles. The van der Waals surface area contributed by atoms with E-state index in [-0.39, 0.29) is 11.7 Å². The highest BCUT2D eigenvalue weighted by atomic mass is 16.5. The molecule has 1 aliphatic carbocycles. The Kier molecular flexibility index (Phi) is 4.33. The van der Waals surface area contributed by atoms with Gasteiger partial charge in [-0.05, 0) is 12.8 Å². The molecule has 6 nitrogen and oxygen atoms in total. The lowest BCUT2D eigenvalue weighted by Crippen LogP contribution is -2.30. The lowest BCUT2D eigenvalue weighted by atomic mass is 10.3. The van der Waals surface area contributed by atoms with Crippen LogP contribution in [-0.4, -0.2) is 43.0 Å². The molecule has 0 amide bonds. The monoisotopic (exact) mass is 253 g/mol. The molecule has 0 aromatic carbocycles. The molecule has 1 fully saturated rings. The third kappa shape index (κ3) is 3.08. The highest BCUT2D eigenvalue weighted by molar-refractivity contribution is 5.31. The molecule has 2 rings (SSSR count). The Balaban J connectivity index is 2.00. The van der Waals surface area contributed by atoms with Crippen LogP contribution in [0, 0.1) is 0 Å². The summed E-state index contributed by atoms with van der Waals surface area (Å²) in [5, 5.41) is 3.02. The highest BCUT2D eigenvalue weighted by Gasteiger charge is 2.25. The number of nitrogens with one attached hydrogen (secondary N) is 1. The van der Waals surface area contributed by atoms with Gasteiger partial charge in [0.1, 0.15) is 0 Å². The lowest BCUT2D eigenvalue weighted by Gasteiger charge is -2.15. The van der Waals surface area contributed by atoms with Gasteiger partial charge in [0, 0.05) is 39.2 Å². The molecule has 1 unspecified atom stereocenters. The van der Waals surface area contributed by atoms with E-state index in [1.54, 1.807) is 31.2 Å². The largest absolute Gasteiger partial charge is 0.382 e. The predicted molar refractivity (Wildman–Crippen MR) is 67.9 cm³/mol. The number of nitrogens with zero attached hydrogens (tertiary/aromatic N) is 2. The van der Waals surface area contributed by atoms with Gasteiger partial charge in [-0.25, -0.2) is 4.98 Å². The second-order valence-corrected chi connectivity index (χ2v) is 4.41. The zero-order chi connectivity index (χ0) is 13.0.